The molecule has 0 aliphatic heterocycles. The molecule has 1 aromatic heterocycles. The van der Waals surface area contributed by atoms with Crippen LogP contribution in [-0.4, -0.2) is 14.8 Å². The number of halogens is 2. The van der Waals surface area contributed by atoms with Crippen LogP contribution < -0.4 is 0 Å². The summed E-state index contributed by atoms with van der Waals surface area (Å²) in [5, 5.41) is 9.31. The highest BCUT2D eigenvalue weighted by Gasteiger charge is 2.11. The third-order valence-corrected chi connectivity index (χ3v) is 3.97. The molecule has 6 heteroatoms. The van der Waals surface area contributed by atoms with Crippen molar-refractivity contribution in [3.05, 3.63) is 40.4 Å². The topological polar surface area (TPSA) is 30.7 Å². The molecule has 0 bridgehead atoms. The fourth-order valence-electron chi connectivity index (χ4n) is 1.64. The first-order valence-electron chi connectivity index (χ1n) is 5.59. The van der Waals surface area contributed by atoms with Gasteiger partial charge < -0.3 is 4.57 Å². The maximum absolute atomic E-state index is 13.6. The summed E-state index contributed by atoms with van der Waals surface area (Å²) in [5.41, 5.74) is 0.507. The van der Waals surface area contributed by atoms with Crippen LogP contribution in [-0.2, 0) is 12.3 Å². The largest absolute Gasteiger partial charge is 0.307 e. The molecule has 0 spiro atoms. The van der Waals surface area contributed by atoms with Gasteiger partial charge >= 0.3 is 0 Å². The summed E-state index contributed by atoms with van der Waals surface area (Å²) in [7, 11) is 0. The van der Waals surface area contributed by atoms with Crippen molar-refractivity contribution in [2.75, 3.05) is 0 Å². The Labute approximate surface area is 114 Å². The molecule has 1 aromatic carbocycles. The predicted molar refractivity (Wildman–Crippen MR) is 71.4 cm³/mol. The second-order valence-corrected chi connectivity index (χ2v) is 5.11. The van der Waals surface area contributed by atoms with E-state index in [0.29, 0.717) is 16.3 Å². The number of hydrogen-bond donors (Lipinski definition) is 0. The van der Waals surface area contributed by atoms with Crippen molar-refractivity contribution in [3.63, 3.8) is 0 Å². The molecule has 18 heavy (non-hydrogen) atoms. The van der Waals surface area contributed by atoms with Gasteiger partial charge in [0, 0.05) is 22.9 Å². The quantitative estimate of drug-likeness (QED) is 0.803. The Bertz CT molecular complexity index is 536. The molecule has 0 aliphatic rings. The maximum Gasteiger partial charge on any atom is 0.191 e. The Morgan fingerprint density at radius 1 is 1.39 bits per heavy atom. The van der Waals surface area contributed by atoms with Gasteiger partial charge in [-0.25, -0.2) is 4.39 Å². The smallest absolute Gasteiger partial charge is 0.191 e. The number of nitrogens with zero attached hydrogens (tertiary/aromatic N) is 3. The molecular formula is C12H13ClFN3S. The monoisotopic (exact) mass is 285 g/mol. The highest BCUT2D eigenvalue weighted by molar-refractivity contribution is 7.98. The second kappa shape index (κ2) is 5.71. The minimum absolute atomic E-state index is 0.283. The lowest BCUT2D eigenvalue weighted by Gasteiger charge is -2.06. The maximum atomic E-state index is 13.6. The van der Waals surface area contributed by atoms with Crippen LogP contribution in [0.5, 0.6) is 0 Å². The Balaban J connectivity index is 2.16. The van der Waals surface area contributed by atoms with E-state index in [2.05, 4.69) is 10.2 Å². The molecule has 0 saturated carbocycles. The van der Waals surface area contributed by atoms with Gasteiger partial charge in [0.1, 0.15) is 11.6 Å². The van der Waals surface area contributed by atoms with E-state index in [1.54, 1.807) is 12.1 Å². The summed E-state index contributed by atoms with van der Waals surface area (Å²) in [5.74, 6) is 1.03. The standard InChI is InChI=1S/C12H13ClFN3S/c1-3-17-8(2)15-16-12(17)18-7-9-10(13)5-4-6-11(9)14/h4-6H,3,7H2,1-2H3. The zero-order chi connectivity index (χ0) is 13.1. The van der Waals surface area contributed by atoms with Crippen LogP contribution in [0, 0.1) is 12.7 Å². The highest BCUT2D eigenvalue weighted by Crippen LogP contribution is 2.27. The number of aryl methyl sites for hydroxylation is 1. The SMILES string of the molecule is CCn1c(C)nnc1SCc1c(F)cccc1Cl. The van der Waals surface area contributed by atoms with Crippen LogP contribution in [0.2, 0.25) is 5.02 Å². The van der Waals surface area contributed by atoms with E-state index in [0.717, 1.165) is 17.5 Å². The second-order valence-electron chi connectivity index (χ2n) is 3.76. The minimum Gasteiger partial charge on any atom is -0.307 e. The van der Waals surface area contributed by atoms with Gasteiger partial charge in [-0.2, -0.15) is 0 Å². The van der Waals surface area contributed by atoms with Gasteiger partial charge in [0.25, 0.3) is 0 Å². The van der Waals surface area contributed by atoms with E-state index >= 15 is 0 Å². The molecule has 0 aliphatic carbocycles. The summed E-state index contributed by atoms with van der Waals surface area (Å²) in [6, 6.07) is 4.71. The Morgan fingerprint density at radius 2 is 2.17 bits per heavy atom. The predicted octanol–water partition coefficient (Wildman–Crippen LogP) is 3.69. The van der Waals surface area contributed by atoms with Gasteiger partial charge in [-0.1, -0.05) is 29.4 Å². The first-order chi connectivity index (χ1) is 8.63. The molecule has 3 nitrogen and oxygen atoms in total. The van der Waals surface area contributed by atoms with Crippen molar-refractivity contribution in [3.8, 4) is 0 Å². The van der Waals surface area contributed by atoms with E-state index in [4.69, 9.17) is 11.6 Å². The van der Waals surface area contributed by atoms with Crippen molar-refractivity contribution < 1.29 is 4.39 Å². The first kappa shape index (κ1) is 13.4. The highest BCUT2D eigenvalue weighted by atomic mass is 35.5. The fourth-order valence-corrected chi connectivity index (χ4v) is 3.03. The third kappa shape index (κ3) is 2.67. The molecule has 2 rings (SSSR count). The van der Waals surface area contributed by atoms with E-state index < -0.39 is 0 Å². The molecule has 1 heterocycles. The van der Waals surface area contributed by atoms with Crippen LogP contribution in [0.25, 0.3) is 0 Å². The molecule has 0 unspecified atom stereocenters. The minimum atomic E-state index is -0.283. The van der Waals surface area contributed by atoms with Crippen molar-refractivity contribution >= 4 is 23.4 Å². The van der Waals surface area contributed by atoms with Crippen molar-refractivity contribution in [2.24, 2.45) is 0 Å². The Morgan fingerprint density at radius 3 is 2.83 bits per heavy atom. The van der Waals surface area contributed by atoms with E-state index in [1.807, 2.05) is 18.4 Å². The average Bonchev–Trinajstić information content (AvgIpc) is 2.69. The number of aromatic nitrogens is 3. The van der Waals surface area contributed by atoms with Gasteiger partial charge in [-0.05, 0) is 26.0 Å². The fraction of sp³-hybridized carbons (Fsp3) is 0.333. The summed E-state index contributed by atoms with van der Waals surface area (Å²) in [4.78, 5) is 0. The third-order valence-electron chi connectivity index (χ3n) is 2.63. The van der Waals surface area contributed by atoms with Gasteiger partial charge in [0.05, 0.1) is 0 Å². The van der Waals surface area contributed by atoms with E-state index in [9.17, 15) is 4.39 Å². The summed E-state index contributed by atoms with van der Waals surface area (Å²) in [6.45, 7) is 4.72. The zero-order valence-electron chi connectivity index (χ0n) is 10.2. The lowest BCUT2D eigenvalue weighted by atomic mass is 10.2. The van der Waals surface area contributed by atoms with Gasteiger partial charge in [-0.3, -0.25) is 0 Å². The van der Waals surface area contributed by atoms with Crippen molar-refractivity contribution in [2.45, 2.75) is 31.3 Å². The normalized spacial score (nSPS) is 10.9. The lowest BCUT2D eigenvalue weighted by Crippen LogP contribution is -1.99. The molecule has 0 N–H and O–H groups in total. The Hall–Kier alpha value is -1.07. The van der Waals surface area contributed by atoms with Gasteiger partial charge in [0.15, 0.2) is 5.16 Å². The summed E-state index contributed by atoms with van der Waals surface area (Å²) in [6.07, 6.45) is 0. The average molecular weight is 286 g/mol. The van der Waals surface area contributed by atoms with Crippen LogP contribution in [0.3, 0.4) is 0 Å². The molecule has 0 amide bonds. The number of thioether (sulfide) groups is 1. The molecule has 96 valence electrons. The number of rotatable bonds is 4. The van der Waals surface area contributed by atoms with Crippen LogP contribution in [0.15, 0.2) is 23.4 Å². The van der Waals surface area contributed by atoms with Crippen LogP contribution in [0.1, 0.15) is 18.3 Å². The first-order valence-corrected chi connectivity index (χ1v) is 6.95. The number of hydrogen-bond acceptors (Lipinski definition) is 3. The Kier molecular flexibility index (Phi) is 4.24. The van der Waals surface area contributed by atoms with E-state index in [-0.39, 0.29) is 5.82 Å². The summed E-state index contributed by atoms with van der Waals surface area (Å²) >= 11 is 7.42. The van der Waals surface area contributed by atoms with Crippen molar-refractivity contribution in [1.29, 1.82) is 0 Å². The molecule has 0 atom stereocenters. The zero-order valence-corrected chi connectivity index (χ0v) is 11.7. The lowest BCUT2D eigenvalue weighted by molar-refractivity contribution is 0.617. The molecule has 0 fully saturated rings. The molecular weight excluding hydrogens is 273 g/mol. The molecule has 0 radical (unpaired) electrons. The van der Waals surface area contributed by atoms with E-state index in [1.165, 1.54) is 17.8 Å². The number of benzene rings is 1. The van der Waals surface area contributed by atoms with Gasteiger partial charge in [-0.15, -0.1) is 10.2 Å². The van der Waals surface area contributed by atoms with Gasteiger partial charge in [0.2, 0.25) is 0 Å². The van der Waals surface area contributed by atoms with Crippen molar-refractivity contribution in [1.82, 2.24) is 14.8 Å². The molecule has 0 saturated heterocycles. The van der Waals surface area contributed by atoms with Crippen LogP contribution in [0.4, 0.5) is 4.39 Å². The summed E-state index contributed by atoms with van der Waals surface area (Å²) < 4.78 is 15.6. The van der Waals surface area contributed by atoms with Crippen LogP contribution >= 0.6 is 23.4 Å². The molecule has 2 aromatic rings.